The molecule has 22 heavy (non-hydrogen) atoms. The van der Waals surface area contributed by atoms with Crippen molar-refractivity contribution >= 4 is 12.0 Å². The van der Waals surface area contributed by atoms with Crippen LogP contribution in [0.3, 0.4) is 0 Å². The Morgan fingerprint density at radius 1 is 1.32 bits per heavy atom. The summed E-state index contributed by atoms with van der Waals surface area (Å²) >= 11 is 0. The highest BCUT2D eigenvalue weighted by molar-refractivity contribution is 5.79. The number of carbonyl (C=O) groups excluding carboxylic acids is 1. The summed E-state index contributed by atoms with van der Waals surface area (Å²) in [6.45, 7) is 0.957. The van der Waals surface area contributed by atoms with Crippen LogP contribution in [0.15, 0.2) is 42.7 Å². The van der Waals surface area contributed by atoms with Crippen molar-refractivity contribution in [2.45, 2.75) is 25.3 Å². The molecule has 1 aromatic heterocycles. The second kappa shape index (κ2) is 6.60. The van der Waals surface area contributed by atoms with E-state index in [0.717, 1.165) is 37.1 Å². The first-order chi connectivity index (χ1) is 10.8. The van der Waals surface area contributed by atoms with Gasteiger partial charge in [0.15, 0.2) is 0 Å². The molecule has 1 unspecified atom stereocenters. The number of carbonyl (C=O) groups is 1. The molecule has 1 saturated heterocycles. The Bertz CT molecular complexity index is 643. The van der Waals surface area contributed by atoms with E-state index < -0.39 is 0 Å². The number of benzene rings is 1. The zero-order chi connectivity index (χ0) is 15.4. The van der Waals surface area contributed by atoms with Crippen molar-refractivity contribution in [2.24, 2.45) is 0 Å². The third kappa shape index (κ3) is 2.82. The Labute approximate surface area is 130 Å². The summed E-state index contributed by atoms with van der Waals surface area (Å²) in [6.07, 6.45) is 8.03. The monoisotopic (exact) mass is 296 g/mol. The molecule has 4 nitrogen and oxygen atoms in total. The van der Waals surface area contributed by atoms with Gasteiger partial charge in [-0.2, -0.15) is 0 Å². The fourth-order valence-electron chi connectivity index (χ4n) is 3.14. The Balaban J connectivity index is 2.02. The fraction of sp³-hybridized carbons (Fsp3) is 0.333. The molecule has 114 valence electrons. The summed E-state index contributed by atoms with van der Waals surface area (Å²) < 4.78 is 5.51. The van der Waals surface area contributed by atoms with Gasteiger partial charge in [-0.1, -0.05) is 6.07 Å². The molecule has 1 aliphatic heterocycles. The van der Waals surface area contributed by atoms with E-state index in [0.29, 0.717) is 5.56 Å². The van der Waals surface area contributed by atoms with Crippen molar-refractivity contribution in [1.29, 1.82) is 0 Å². The average Bonchev–Trinajstić information content (AvgIpc) is 2.62. The maximum Gasteiger partial charge on any atom is 0.150 e. The molecule has 1 aromatic carbocycles. The molecule has 1 aliphatic rings. The standard InChI is InChI=1S/C18H20N2O2/c1-22-18-8-7-14(13-21)11-17(18)20-10-3-2-6-16(20)15-5-4-9-19-12-15/h4-5,7-9,11-13,16H,2-3,6,10H2,1H3. The number of aldehydes is 1. The predicted octanol–water partition coefficient (Wildman–Crippen LogP) is 3.63. The maximum atomic E-state index is 11.1. The Morgan fingerprint density at radius 2 is 2.23 bits per heavy atom. The molecule has 1 fully saturated rings. The van der Waals surface area contributed by atoms with E-state index in [4.69, 9.17) is 4.74 Å². The first-order valence-electron chi connectivity index (χ1n) is 7.63. The number of ether oxygens (including phenoxy) is 1. The summed E-state index contributed by atoms with van der Waals surface area (Å²) in [5.74, 6) is 0.807. The Hall–Kier alpha value is -2.36. The minimum atomic E-state index is 0.276. The van der Waals surface area contributed by atoms with Crippen molar-refractivity contribution in [2.75, 3.05) is 18.6 Å². The molecule has 0 saturated carbocycles. The summed E-state index contributed by atoms with van der Waals surface area (Å²) in [7, 11) is 1.67. The zero-order valence-corrected chi connectivity index (χ0v) is 12.7. The van der Waals surface area contributed by atoms with Crippen LogP contribution in [0.2, 0.25) is 0 Å². The maximum absolute atomic E-state index is 11.1. The Kier molecular flexibility index (Phi) is 4.37. The first-order valence-corrected chi connectivity index (χ1v) is 7.63. The zero-order valence-electron chi connectivity index (χ0n) is 12.7. The van der Waals surface area contributed by atoms with Crippen molar-refractivity contribution < 1.29 is 9.53 Å². The van der Waals surface area contributed by atoms with Crippen LogP contribution < -0.4 is 9.64 Å². The number of rotatable bonds is 4. The van der Waals surface area contributed by atoms with Gasteiger partial charge in [-0.25, -0.2) is 0 Å². The van der Waals surface area contributed by atoms with E-state index in [1.165, 1.54) is 12.0 Å². The van der Waals surface area contributed by atoms with Gasteiger partial charge in [0.2, 0.25) is 0 Å². The number of hydrogen-bond acceptors (Lipinski definition) is 4. The average molecular weight is 296 g/mol. The molecule has 0 spiro atoms. The van der Waals surface area contributed by atoms with Crippen LogP contribution in [-0.2, 0) is 0 Å². The van der Waals surface area contributed by atoms with Gasteiger partial charge in [-0.15, -0.1) is 0 Å². The van der Waals surface area contributed by atoms with Gasteiger partial charge in [-0.3, -0.25) is 9.78 Å². The number of pyridine rings is 1. The van der Waals surface area contributed by atoms with Gasteiger partial charge in [0.05, 0.1) is 18.8 Å². The van der Waals surface area contributed by atoms with Crippen LogP contribution in [0.5, 0.6) is 5.75 Å². The first kappa shape index (κ1) is 14.6. The van der Waals surface area contributed by atoms with Crippen molar-refractivity contribution in [3.05, 3.63) is 53.9 Å². The van der Waals surface area contributed by atoms with Crippen LogP contribution in [0.1, 0.15) is 41.2 Å². The molecule has 0 aliphatic carbocycles. The topological polar surface area (TPSA) is 42.4 Å². The summed E-state index contributed by atoms with van der Waals surface area (Å²) in [5.41, 5.74) is 2.87. The van der Waals surface area contributed by atoms with Crippen LogP contribution in [-0.4, -0.2) is 24.9 Å². The molecule has 1 atom stereocenters. The van der Waals surface area contributed by atoms with Crippen molar-refractivity contribution in [3.8, 4) is 5.75 Å². The highest BCUT2D eigenvalue weighted by Gasteiger charge is 2.26. The molecule has 4 heteroatoms. The number of hydrogen-bond donors (Lipinski definition) is 0. The highest BCUT2D eigenvalue weighted by atomic mass is 16.5. The summed E-state index contributed by atoms with van der Waals surface area (Å²) in [5, 5.41) is 0. The smallest absolute Gasteiger partial charge is 0.150 e. The third-order valence-electron chi connectivity index (χ3n) is 4.22. The summed E-state index contributed by atoms with van der Waals surface area (Å²) in [4.78, 5) is 17.7. The predicted molar refractivity (Wildman–Crippen MR) is 86.6 cm³/mol. The van der Waals surface area contributed by atoms with Gasteiger partial charge in [0.25, 0.3) is 0 Å². The van der Waals surface area contributed by atoms with Crippen molar-refractivity contribution in [3.63, 3.8) is 0 Å². The molecule has 2 aromatic rings. The highest BCUT2D eigenvalue weighted by Crippen LogP contribution is 2.39. The molecular weight excluding hydrogens is 276 g/mol. The van der Waals surface area contributed by atoms with E-state index >= 15 is 0 Å². The van der Waals surface area contributed by atoms with Crippen LogP contribution in [0.4, 0.5) is 5.69 Å². The van der Waals surface area contributed by atoms with Gasteiger partial charge in [-0.05, 0) is 49.1 Å². The van der Waals surface area contributed by atoms with Crippen LogP contribution in [0, 0.1) is 0 Å². The lowest BCUT2D eigenvalue weighted by atomic mass is 9.95. The van der Waals surface area contributed by atoms with Gasteiger partial charge >= 0.3 is 0 Å². The molecule has 0 N–H and O–H groups in total. The van der Waals surface area contributed by atoms with E-state index in [9.17, 15) is 4.79 Å². The number of piperidine rings is 1. The molecular formula is C18H20N2O2. The SMILES string of the molecule is COc1ccc(C=O)cc1N1CCCCC1c1cccnc1. The lowest BCUT2D eigenvalue weighted by Crippen LogP contribution is -2.33. The molecule has 0 amide bonds. The van der Waals surface area contributed by atoms with E-state index in [1.54, 1.807) is 19.4 Å². The number of aromatic nitrogens is 1. The minimum absolute atomic E-state index is 0.276. The minimum Gasteiger partial charge on any atom is -0.495 e. The van der Waals surface area contributed by atoms with E-state index in [1.807, 2.05) is 24.4 Å². The lowest BCUT2D eigenvalue weighted by molar-refractivity contribution is 0.112. The van der Waals surface area contributed by atoms with Crippen molar-refractivity contribution in [1.82, 2.24) is 4.98 Å². The number of nitrogens with zero attached hydrogens (tertiary/aromatic N) is 2. The second-order valence-electron chi connectivity index (χ2n) is 5.54. The van der Waals surface area contributed by atoms with Gasteiger partial charge in [0.1, 0.15) is 12.0 Å². The quantitative estimate of drug-likeness (QED) is 0.808. The fourth-order valence-corrected chi connectivity index (χ4v) is 3.14. The number of anilines is 1. The molecule has 2 heterocycles. The van der Waals surface area contributed by atoms with E-state index in [-0.39, 0.29) is 6.04 Å². The molecule has 0 radical (unpaired) electrons. The summed E-state index contributed by atoms with van der Waals surface area (Å²) in [6, 6.07) is 9.94. The van der Waals surface area contributed by atoms with Gasteiger partial charge in [0, 0.05) is 24.5 Å². The van der Waals surface area contributed by atoms with Gasteiger partial charge < -0.3 is 9.64 Å². The van der Waals surface area contributed by atoms with Crippen LogP contribution >= 0.6 is 0 Å². The molecule has 0 bridgehead atoms. The molecule has 3 rings (SSSR count). The Morgan fingerprint density at radius 3 is 2.95 bits per heavy atom. The van der Waals surface area contributed by atoms with Crippen LogP contribution in [0.25, 0.3) is 0 Å². The van der Waals surface area contributed by atoms with E-state index in [2.05, 4.69) is 16.0 Å². The lowest BCUT2D eigenvalue weighted by Gasteiger charge is -2.38. The third-order valence-corrected chi connectivity index (χ3v) is 4.22. The largest absolute Gasteiger partial charge is 0.495 e. The number of methoxy groups -OCH3 is 1. The second-order valence-corrected chi connectivity index (χ2v) is 5.54. The normalized spacial score (nSPS) is 18.0.